The Morgan fingerprint density at radius 2 is 0.747 bits per heavy atom. The van der Waals surface area contributed by atoms with Crippen LogP contribution in [0.2, 0.25) is 0 Å². The zero-order valence-electron chi connectivity index (χ0n) is 41.0. The molecular formula is C53H48N2O16P2S2. The van der Waals surface area contributed by atoms with Crippen LogP contribution in [0.4, 0.5) is 5.69 Å². The molecule has 7 aromatic rings. The third-order valence-electron chi connectivity index (χ3n) is 11.0. The van der Waals surface area contributed by atoms with Crippen molar-refractivity contribution in [3.05, 3.63) is 185 Å². The van der Waals surface area contributed by atoms with E-state index < -0.39 is 43.6 Å². The van der Waals surface area contributed by atoms with Crippen LogP contribution in [0.25, 0.3) is 0 Å². The van der Waals surface area contributed by atoms with E-state index >= 15 is 16.8 Å². The fraction of sp³-hybridized carbons (Fsp3) is 0.132. The molecular weight excluding hydrogens is 1050 g/mol. The number of carbonyl (C=O) groups excluding carboxylic acids is 4. The van der Waals surface area contributed by atoms with Gasteiger partial charge < -0.3 is 37.0 Å². The minimum atomic E-state index is -4.87. The third-order valence-corrected chi connectivity index (χ3v) is 18.6. The number of anilines is 1. The van der Waals surface area contributed by atoms with Crippen LogP contribution in [-0.4, -0.2) is 74.5 Å². The first-order valence-electron chi connectivity index (χ1n) is 22.2. The normalized spacial score (nSPS) is 11.4. The highest BCUT2D eigenvalue weighted by molar-refractivity contribution is 7.99. The summed E-state index contributed by atoms with van der Waals surface area (Å²) in [7, 11) is -10.5. The van der Waals surface area contributed by atoms with Crippen LogP contribution in [-0.2, 0) is 26.6 Å². The molecule has 0 heterocycles. The standard InChI is InChI=1S/C53H48N2O16P2S2/c1-36-11-19-43(20-12-36)74(60,61)54(72(68-46-23-15-38(32-56)27-50(46)64-3)69-47-24-16-39(33-57)28-51(47)65-4)31-42-9-7-8-10-45(42)55(75(62,63)44-21-13-37(2)14-22-44)73(70-48-25-17-40(34-58)29-52(48)66-5)71-49-26-18-41(35-59)30-53(49)67-6/h7-30,32-35H,31H2,1-6H3. The van der Waals surface area contributed by atoms with E-state index in [4.69, 9.17) is 37.0 Å². The highest BCUT2D eigenvalue weighted by Gasteiger charge is 2.43. The number of sulfonamides is 2. The number of ether oxygens (including phenoxy) is 4. The number of carbonyl (C=O) groups is 4. The molecule has 0 atom stereocenters. The van der Waals surface area contributed by atoms with Gasteiger partial charge in [0.1, 0.15) is 25.1 Å². The molecule has 0 aliphatic carbocycles. The van der Waals surface area contributed by atoms with Gasteiger partial charge in [-0.05, 0) is 123 Å². The van der Waals surface area contributed by atoms with Crippen molar-refractivity contribution in [3.8, 4) is 46.0 Å². The predicted octanol–water partition coefficient (Wildman–Crippen LogP) is 10.7. The zero-order valence-corrected chi connectivity index (χ0v) is 44.4. The Balaban J connectivity index is 1.51. The lowest BCUT2D eigenvalue weighted by molar-refractivity contribution is 0.111. The van der Waals surface area contributed by atoms with Crippen molar-refractivity contribution in [2.24, 2.45) is 0 Å². The highest BCUT2D eigenvalue weighted by Crippen LogP contribution is 2.56. The summed E-state index contributed by atoms with van der Waals surface area (Å²) in [6, 6.07) is 34.7. The smallest absolute Gasteiger partial charge is 0.432 e. The molecule has 0 unspecified atom stereocenters. The Kier molecular flexibility index (Phi) is 17.9. The fourth-order valence-corrected chi connectivity index (χ4v) is 13.9. The van der Waals surface area contributed by atoms with Crippen LogP contribution in [0.15, 0.2) is 155 Å². The minimum Gasteiger partial charge on any atom is -0.493 e. The maximum Gasteiger partial charge on any atom is 0.432 e. The van der Waals surface area contributed by atoms with Crippen LogP contribution < -0.4 is 41.1 Å². The van der Waals surface area contributed by atoms with Gasteiger partial charge in [-0.25, -0.2) is 16.8 Å². The van der Waals surface area contributed by atoms with Gasteiger partial charge >= 0.3 is 17.1 Å². The van der Waals surface area contributed by atoms with E-state index in [2.05, 4.69) is 0 Å². The Morgan fingerprint density at radius 1 is 0.413 bits per heavy atom. The Morgan fingerprint density at radius 3 is 1.09 bits per heavy atom. The lowest BCUT2D eigenvalue weighted by Gasteiger charge is -2.33. The monoisotopic (exact) mass is 1090 g/mol. The van der Waals surface area contributed by atoms with Crippen molar-refractivity contribution in [2.75, 3.05) is 32.5 Å². The van der Waals surface area contributed by atoms with E-state index in [1.165, 1.54) is 144 Å². The molecule has 22 heteroatoms. The van der Waals surface area contributed by atoms with E-state index in [-0.39, 0.29) is 89.3 Å². The van der Waals surface area contributed by atoms with Gasteiger partial charge in [0.15, 0.2) is 46.0 Å². The van der Waals surface area contributed by atoms with Crippen LogP contribution in [0, 0.1) is 13.8 Å². The van der Waals surface area contributed by atoms with Gasteiger partial charge in [-0.15, -0.1) is 4.08 Å². The van der Waals surface area contributed by atoms with E-state index in [1.807, 2.05) is 0 Å². The Labute approximate surface area is 436 Å². The summed E-state index contributed by atoms with van der Waals surface area (Å²) >= 11 is 0. The van der Waals surface area contributed by atoms with Crippen LogP contribution in [0.3, 0.4) is 0 Å². The second-order valence-electron chi connectivity index (χ2n) is 15.9. The number of nitrogens with zero attached hydrogens (tertiary/aromatic N) is 2. The molecule has 0 saturated heterocycles. The number of aryl methyl sites for hydroxylation is 2. The minimum absolute atomic E-state index is 0.0151. The first-order chi connectivity index (χ1) is 36.1. The zero-order chi connectivity index (χ0) is 53.9. The van der Waals surface area contributed by atoms with E-state index in [9.17, 15) is 19.2 Å². The summed E-state index contributed by atoms with van der Waals surface area (Å²) in [5.41, 5.74) is 2.14. The number of rotatable bonds is 25. The molecule has 0 spiro atoms. The summed E-state index contributed by atoms with van der Waals surface area (Å²) in [6.07, 6.45) is 2.34. The van der Waals surface area contributed by atoms with Gasteiger partial charge in [-0.3, -0.25) is 19.2 Å². The van der Waals surface area contributed by atoms with Crippen molar-refractivity contribution in [3.63, 3.8) is 0 Å². The van der Waals surface area contributed by atoms with E-state index in [0.29, 0.717) is 25.1 Å². The Bertz CT molecular complexity index is 3310. The molecule has 0 aromatic heterocycles. The van der Waals surface area contributed by atoms with E-state index in [0.717, 1.165) is 19.3 Å². The summed E-state index contributed by atoms with van der Waals surface area (Å²) in [5, 5.41) is 0. The first-order valence-corrected chi connectivity index (χ1v) is 27.4. The number of methoxy groups -OCH3 is 4. The Hall–Kier alpha value is -7.86. The van der Waals surface area contributed by atoms with Gasteiger partial charge in [-0.1, -0.05) is 53.6 Å². The summed E-state index contributed by atoms with van der Waals surface area (Å²) in [5.74, 6) is -0.186. The van der Waals surface area contributed by atoms with Crippen LogP contribution in [0.1, 0.15) is 58.1 Å². The largest absolute Gasteiger partial charge is 0.493 e. The van der Waals surface area contributed by atoms with Crippen molar-refractivity contribution in [1.29, 1.82) is 0 Å². The molecule has 0 amide bonds. The van der Waals surface area contributed by atoms with Crippen molar-refractivity contribution < 1.29 is 73.1 Å². The van der Waals surface area contributed by atoms with Crippen molar-refractivity contribution in [2.45, 2.75) is 30.2 Å². The molecule has 0 saturated carbocycles. The number of hydrogen-bond donors (Lipinski definition) is 0. The van der Waals surface area contributed by atoms with Gasteiger partial charge in [0.05, 0.1) is 50.5 Å². The second kappa shape index (κ2) is 24.4. The highest BCUT2D eigenvalue weighted by atomic mass is 32.2. The maximum atomic E-state index is 15.7. The van der Waals surface area contributed by atoms with Crippen molar-refractivity contribution >= 4 is 67.9 Å². The van der Waals surface area contributed by atoms with Gasteiger partial charge in [-0.2, -0.15) is 4.08 Å². The summed E-state index contributed by atoms with van der Waals surface area (Å²) in [4.78, 5) is 47.1. The van der Waals surface area contributed by atoms with Crippen LogP contribution in [0.5, 0.6) is 46.0 Å². The average Bonchev–Trinajstić information content (AvgIpc) is 3.42. The number of hydrogen-bond acceptors (Lipinski definition) is 16. The van der Waals surface area contributed by atoms with E-state index in [1.54, 1.807) is 44.2 Å². The van der Waals surface area contributed by atoms with Crippen LogP contribution >= 0.6 is 17.1 Å². The molecule has 0 radical (unpaired) electrons. The predicted molar refractivity (Wildman–Crippen MR) is 281 cm³/mol. The molecule has 75 heavy (non-hydrogen) atoms. The number of benzene rings is 7. The molecule has 7 aromatic carbocycles. The molecule has 0 bridgehead atoms. The first kappa shape index (κ1) is 54.9. The number of aldehydes is 4. The molecule has 0 N–H and O–H groups in total. The maximum absolute atomic E-state index is 15.7. The van der Waals surface area contributed by atoms with Crippen molar-refractivity contribution in [1.82, 2.24) is 4.08 Å². The fourth-order valence-electron chi connectivity index (χ4n) is 7.03. The molecule has 7 rings (SSSR count). The second-order valence-corrected chi connectivity index (χ2v) is 22.7. The average molecular weight is 1100 g/mol. The SMILES string of the molecule is COc1cc(C=O)ccc1OP(Oc1ccc(C=O)cc1OC)N(Cc1ccccc1N(P(Oc1ccc(C=O)cc1OC)Oc1ccc(C=O)cc1OC)S(=O)(=O)c1ccc(C)cc1)S(=O)(=O)c1ccc(C)cc1. The van der Waals surface area contributed by atoms with Gasteiger partial charge in [0.2, 0.25) is 0 Å². The quantitative estimate of drug-likeness (QED) is 0.0384. The molecule has 0 fully saturated rings. The molecule has 0 aliphatic heterocycles. The topological polar surface area (TPSA) is 217 Å². The molecule has 0 aliphatic rings. The molecule has 388 valence electrons. The molecule has 18 nitrogen and oxygen atoms in total. The van der Waals surface area contributed by atoms with Gasteiger partial charge in [0.25, 0.3) is 20.0 Å². The summed E-state index contributed by atoms with van der Waals surface area (Å²) < 4.78 is 113. The lowest BCUT2D eigenvalue weighted by Crippen LogP contribution is -2.33. The lowest BCUT2D eigenvalue weighted by atomic mass is 10.2. The summed E-state index contributed by atoms with van der Waals surface area (Å²) in [6.45, 7) is 2.84. The van der Waals surface area contributed by atoms with Gasteiger partial charge in [0, 0.05) is 22.3 Å². The number of para-hydroxylation sites is 1. The third kappa shape index (κ3) is 12.6.